The first-order valence-corrected chi connectivity index (χ1v) is 9.22. The number of carbonyl (C=O) groups is 1. The van der Waals surface area contributed by atoms with Crippen molar-refractivity contribution in [3.63, 3.8) is 0 Å². The van der Waals surface area contributed by atoms with Gasteiger partial charge in [0.25, 0.3) is 5.91 Å². The lowest BCUT2D eigenvalue weighted by atomic mass is 9.88. The Labute approximate surface area is 142 Å². The van der Waals surface area contributed by atoms with Crippen LogP contribution in [0.3, 0.4) is 0 Å². The Kier molecular flexibility index (Phi) is 4.63. The van der Waals surface area contributed by atoms with Gasteiger partial charge in [0.15, 0.2) is 10.3 Å². The monoisotopic (exact) mass is 352 g/mol. The van der Waals surface area contributed by atoms with Crippen LogP contribution in [0, 0.1) is 5.82 Å². The minimum Gasteiger partial charge on any atom is -0.379 e. The third-order valence-electron chi connectivity index (χ3n) is 3.83. The summed E-state index contributed by atoms with van der Waals surface area (Å²) >= 11 is 2.96. The lowest BCUT2D eigenvalue weighted by Gasteiger charge is -2.30. The molecule has 0 spiro atoms. The molecule has 0 bridgehead atoms. The molecule has 1 unspecified atom stereocenters. The van der Waals surface area contributed by atoms with Crippen molar-refractivity contribution in [1.29, 1.82) is 0 Å². The molecule has 0 saturated heterocycles. The van der Waals surface area contributed by atoms with Crippen LogP contribution in [0.15, 0.2) is 28.2 Å². The van der Waals surface area contributed by atoms with E-state index >= 15 is 0 Å². The smallest absolute Gasteiger partial charge is 0.260 e. The van der Waals surface area contributed by atoms with Crippen LogP contribution in [0.4, 0.5) is 4.39 Å². The number of thioether (sulfide) groups is 2. The summed E-state index contributed by atoms with van der Waals surface area (Å²) in [6, 6.07) is 4.55. The molecule has 5 nitrogen and oxygen atoms in total. The summed E-state index contributed by atoms with van der Waals surface area (Å²) in [6.45, 7) is 2.62. The maximum atomic E-state index is 14.1. The van der Waals surface area contributed by atoms with E-state index in [1.54, 1.807) is 12.1 Å². The molecule has 3 rings (SSSR count). The summed E-state index contributed by atoms with van der Waals surface area (Å²) in [5, 5.41) is 3.72. The van der Waals surface area contributed by atoms with E-state index in [9.17, 15) is 9.18 Å². The Morgan fingerprint density at radius 3 is 2.91 bits per heavy atom. The topological polar surface area (TPSA) is 79.8 Å². The van der Waals surface area contributed by atoms with Crippen LogP contribution in [0.2, 0.25) is 0 Å². The zero-order chi connectivity index (χ0) is 16.4. The zero-order valence-corrected chi connectivity index (χ0v) is 14.3. The molecule has 2 heterocycles. The van der Waals surface area contributed by atoms with Crippen LogP contribution < -0.4 is 11.1 Å². The van der Waals surface area contributed by atoms with Gasteiger partial charge in [0, 0.05) is 11.5 Å². The van der Waals surface area contributed by atoms with Crippen molar-refractivity contribution in [3.8, 4) is 0 Å². The van der Waals surface area contributed by atoms with Crippen molar-refractivity contribution in [2.75, 3.05) is 18.1 Å². The third kappa shape index (κ3) is 3.53. The molecule has 1 aromatic rings. The number of hydrogen-bond acceptors (Lipinski definition) is 6. The van der Waals surface area contributed by atoms with Crippen LogP contribution in [0.5, 0.6) is 0 Å². The molecule has 2 aliphatic heterocycles. The Balaban J connectivity index is 1.90. The van der Waals surface area contributed by atoms with Crippen LogP contribution in [0.25, 0.3) is 0 Å². The Morgan fingerprint density at radius 2 is 2.22 bits per heavy atom. The standard InChI is InChI=1S/C15H17FN4OS2/c1-15(4-6-22-13(17)20-15)9-2-3-11(16)10(8-9)12(21)19-14-18-5-7-23-14/h2-3,8H,4-7H2,1H3,(H2,17,20)(H,18,19,21). The number of nitrogens with one attached hydrogen (secondary N) is 1. The maximum absolute atomic E-state index is 14.1. The van der Waals surface area contributed by atoms with E-state index in [4.69, 9.17) is 5.73 Å². The van der Waals surface area contributed by atoms with E-state index in [1.807, 2.05) is 6.92 Å². The molecular weight excluding hydrogens is 335 g/mol. The molecule has 0 aliphatic carbocycles. The number of benzene rings is 1. The van der Waals surface area contributed by atoms with Gasteiger partial charge in [-0.15, -0.1) is 0 Å². The second-order valence-electron chi connectivity index (χ2n) is 5.51. The molecule has 0 saturated carbocycles. The largest absolute Gasteiger partial charge is 0.379 e. The molecule has 1 amide bonds. The van der Waals surface area contributed by atoms with Crippen molar-refractivity contribution < 1.29 is 9.18 Å². The zero-order valence-electron chi connectivity index (χ0n) is 12.6. The molecule has 0 fully saturated rings. The molecule has 3 N–H and O–H groups in total. The summed E-state index contributed by atoms with van der Waals surface area (Å²) in [5.41, 5.74) is 6.09. The van der Waals surface area contributed by atoms with Crippen molar-refractivity contribution in [2.45, 2.75) is 18.9 Å². The number of nitrogens with zero attached hydrogens (tertiary/aromatic N) is 2. The average Bonchev–Trinajstić information content (AvgIpc) is 3.00. The highest BCUT2D eigenvalue weighted by Gasteiger charge is 2.30. The van der Waals surface area contributed by atoms with E-state index in [0.29, 0.717) is 16.9 Å². The van der Waals surface area contributed by atoms with Crippen molar-refractivity contribution in [1.82, 2.24) is 5.32 Å². The number of amides is 1. The highest BCUT2D eigenvalue weighted by molar-refractivity contribution is 8.14. The van der Waals surface area contributed by atoms with E-state index in [0.717, 1.165) is 23.5 Å². The van der Waals surface area contributed by atoms with Crippen LogP contribution in [-0.2, 0) is 5.54 Å². The fourth-order valence-corrected chi connectivity index (χ4v) is 4.20. The number of aliphatic imine (C=N–C) groups is 2. The SMILES string of the molecule is CC1(c2ccc(F)c(C(=O)NC3=NCCS3)c2)CCSC(N)=N1. The quantitative estimate of drug-likeness (QED) is 0.856. The van der Waals surface area contributed by atoms with Gasteiger partial charge in [-0.1, -0.05) is 29.6 Å². The second-order valence-corrected chi connectivity index (χ2v) is 7.71. The first-order valence-electron chi connectivity index (χ1n) is 7.25. The van der Waals surface area contributed by atoms with E-state index in [-0.39, 0.29) is 5.56 Å². The summed E-state index contributed by atoms with van der Waals surface area (Å²) < 4.78 is 14.1. The van der Waals surface area contributed by atoms with Crippen molar-refractivity contribution >= 4 is 39.8 Å². The predicted molar refractivity (Wildman–Crippen MR) is 94.7 cm³/mol. The number of halogens is 1. The van der Waals surface area contributed by atoms with Gasteiger partial charge < -0.3 is 11.1 Å². The minimum absolute atomic E-state index is 0.00548. The third-order valence-corrected chi connectivity index (χ3v) is 5.52. The first-order chi connectivity index (χ1) is 11.0. The normalized spacial score (nSPS) is 24.1. The highest BCUT2D eigenvalue weighted by Crippen LogP contribution is 2.35. The molecular formula is C15H17FN4OS2. The van der Waals surface area contributed by atoms with Gasteiger partial charge in [-0.25, -0.2) is 4.39 Å². The lowest BCUT2D eigenvalue weighted by Crippen LogP contribution is -2.31. The second kappa shape index (κ2) is 6.52. The number of amidine groups is 2. The molecule has 23 heavy (non-hydrogen) atoms. The number of carbonyl (C=O) groups excluding carboxylic acids is 1. The Bertz CT molecular complexity index is 707. The van der Waals surface area contributed by atoms with E-state index in [1.165, 1.54) is 29.6 Å². The first kappa shape index (κ1) is 16.3. The van der Waals surface area contributed by atoms with Gasteiger partial charge in [-0.05, 0) is 31.0 Å². The molecule has 1 aromatic carbocycles. The Morgan fingerprint density at radius 1 is 1.39 bits per heavy atom. The predicted octanol–water partition coefficient (Wildman–Crippen LogP) is 2.33. The van der Waals surface area contributed by atoms with Crippen LogP contribution in [0.1, 0.15) is 29.3 Å². The summed E-state index contributed by atoms with van der Waals surface area (Å²) in [7, 11) is 0. The molecule has 8 heteroatoms. The van der Waals surface area contributed by atoms with E-state index < -0.39 is 17.3 Å². The number of hydrogen-bond donors (Lipinski definition) is 2. The molecule has 122 valence electrons. The Hall–Kier alpha value is -1.54. The van der Waals surface area contributed by atoms with E-state index in [2.05, 4.69) is 15.3 Å². The summed E-state index contributed by atoms with van der Waals surface area (Å²) in [4.78, 5) is 21.0. The number of nitrogens with two attached hydrogens (primary N) is 1. The fourth-order valence-electron chi connectivity index (χ4n) is 2.50. The van der Waals surface area contributed by atoms with Gasteiger partial charge in [0.2, 0.25) is 0 Å². The van der Waals surface area contributed by atoms with Gasteiger partial charge in [0.1, 0.15) is 5.82 Å². The van der Waals surface area contributed by atoms with Crippen LogP contribution >= 0.6 is 23.5 Å². The number of rotatable bonds is 2. The minimum atomic E-state index is -0.555. The average molecular weight is 352 g/mol. The summed E-state index contributed by atoms with van der Waals surface area (Å²) in [6.07, 6.45) is 0.785. The molecule has 1 atom stereocenters. The molecule has 2 aliphatic rings. The fraction of sp³-hybridized carbons (Fsp3) is 0.400. The van der Waals surface area contributed by atoms with Gasteiger partial charge in [-0.3, -0.25) is 14.8 Å². The van der Waals surface area contributed by atoms with Gasteiger partial charge in [-0.2, -0.15) is 0 Å². The molecule has 0 aromatic heterocycles. The van der Waals surface area contributed by atoms with Gasteiger partial charge in [0.05, 0.1) is 17.6 Å². The summed E-state index contributed by atoms with van der Waals surface area (Å²) in [5.74, 6) is 0.642. The molecule has 0 radical (unpaired) electrons. The van der Waals surface area contributed by atoms with Gasteiger partial charge >= 0.3 is 0 Å². The highest BCUT2D eigenvalue weighted by atomic mass is 32.2. The van der Waals surface area contributed by atoms with Crippen LogP contribution in [-0.4, -0.2) is 34.3 Å². The van der Waals surface area contributed by atoms with Crippen molar-refractivity contribution in [3.05, 3.63) is 35.1 Å². The van der Waals surface area contributed by atoms with Crippen molar-refractivity contribution in [2.24, 2.45) is 15.7 Å². The lowest BCUT2D eigenvalue weighted by molar-refractivity contribution is 0.0974. The maximum Gasteiger partial charge on any atom is 0.260 e.